The minimum Gasteiger partial charge on any atom is -0.459 e. The maximum atomic E-state index is 14.9. The fourth-order valence-corrected chi connectivity index (χ4v) is 6.51. The van der Waals surface area contributed by atoms with Gasteiger partial charge < -0.3 is 30.9 Å². The molecule has 0 unspecified atom stereocenters. The van der Waals surface area contributed by atoms with Crippen molar-refractivity contribution in [1.82, 2.24) is 25.1 Å². The van der Waals surface area contributed by atoms with Gasteiger partial charge in [0.1, 0.15) is 5.82 Å². The number of hydrogen-bond donors (Lipinski definition) is 4. The van der Waals surface area contributed by atoms with E-state index in [4.69, 9.17) is 10.5 Å². The third kappa shape index (κ3) is 7.31. The number of nitrogens with two attached hydrogens (primary N) is 1. The van der Waals surface area contributed by atoms with E-state index in [0.29, 0.717) is 56.1 Å². The van der Waals surface area contributed by atoms with Crippen molar-refractivity contribution in [3.05, 3.63) is 77.1 Å². The highest BCUT2D eigenvalue weighted by Gasteiger charge is 2.46. The summed E-state index contributed by atoms with van der Waals surface area (Å²) >= 11 is 0. The number of ether oxygens (including phenoxy) is 1. The van der Waals surface area contributed by atoms with Gasteiger partial charge in [-0.25, -0.2) is 4.68 Å². The molecule has 0 amide bonds. The van der Waals surface area contributed by atoms with Gasteiger partial charge in [-0.3, -0.25) is 0 Å². The summed E-state index contributed by atoms with van der Waals surface area (Å²) in [5.41, 5.74) is 6.76. The Morgan fingerprint density at radius 2 is 1.63 bits per heavy atom. The van der Waals surface area contributed by atoms with Crippen LogP contribution in [0.2, 0.25) is 0 Å². The highest BCUT2D eigenvalue weighted by Crippen LogP contribution is 2.43. The number of nitrogens with zero attached hydrogens (tertiary/aromatic N) is 5. The Morgan fingerprint density at radius 1 is 0.939 bits per heavy atom. The van der Waals surface area contributed by atoms with Gasteiger partial charge in [0.25, 0.3) is 0 Å². The van der Waals surface area contributed by atoms with Crippen molar-refractivity contribution < 1.29 is 41.3 Å². The topological polar surface area (TPSA) is 135 Å². The number of piperidine rings is 1. The van der Waals surface area contributed by atoms with Gasteiger partial charge in [0.2, 0.25) is 17.9 Å². The number of rotatable bonds is 7. The summed E-state index contributed by atoms with van der Waals surface area (Å²) in [5, 5.41) is 25.9. The van der Waals surface area contributed by atoms with E-state index in [-0.39, 0.29) is 22.9 Å². The van der Waals surface area contributed by atoms with Crippen LogP contribution in [0.25, 0.3) is 16.8 Å². The van der Waals surface area contributed by atoms with Gasteiger partial charge in [-0.15, -0.1) is 0 Å². The van der Waals surface area contributed by atoms with Crippen LogP contribution >= 0.6 is 0 Å². The lowest BCUT2D eigenvalue weighted by Crippen LogP contribution is -2.41. The van der Waals surface area contributed by atoms with Gasteiger partial charge >= 0.3 is 12.4 Å². The van der Waals surface area contributed by atoms with Crippen LogP contribution in [-0.2, 0) is 6.18 Å². The van der Waals surface area contributed by atoms with Crippen molar-refractivity contribution in [2.75, 3.05) is 30.3 Å². The van der Waals surface area contributed by atoms with Crippen LogP contribution in [0, 0.1) is 19.3 Å². The summed E-state index contributed by atoms with van der Waals surface area (Å²) in [4.78, 5) is 9.97. The number of hydrogen-bond acceptors (Lipinski definition) is 9. The second-order valence-electron chi connectivity index (χ2n) is 12.8. The minimum atomic E-state index is -5.04. The Labute approximate surface area is 277 Å². The van der Waals surface area contributed by atoms with Gasteiger partial charge in [0.05, 0.1) is 11.7 Å². The molecule has 49 heavy (non-hydrogen) atoms. The largest absolute Gasteiger partial charge is 0.459 e. The van der Waals surface area contributed by atoms with Crippen LogP contribution in [0.5, 0.6) is 5.88 Å². The van der Waals surface area contributed by atoms with E-state index >= 15 is 0 Å². The van der Waals surface area contributed by atoms with Crippen molar-refractivity contribution in [3.63, 3.8) is 0 Å². The quantitative estimate of drug-likeness (QED) is 0.147. The van der Waals surface area contributed by atoms with Gasteiger partial charge in [0.15, 0.2) is 12.0 Å². The number of nitrogens with one attached hydrogen (secondary N) is 1. The second kappa shape index (κ2) is 12.8. The van der Waals surface area contributed by atoms with E-state index in [1.165, 1.54) is 18.2 Å². The molecule has 0 saturated carbocycles. The first-order valence-corrected chi connectivity index (χ1v) is 15.6. The molecular formula is C33H35F6N7O3. The number of benzene rings is 2. The molecule has 2 fully saturated rings. The van der Waals surface area contributed by atoms with E-state index in [1.807, 2.05) is 30.9 Å². The van der Waals surface area contributed by atoms with Crippen LogP contribution in [0.15, 0.2) is 54.7 Å². The molecule has 1 spiro atoms. The fourth-order valence-electron chi connectivity index (χ4n) is 6.51. The molecule has 5 N–H and O–H groups in total. The van der Waals surface area contributed by atoms with Crippen molar-refractivity contribution in [2.24, 2.45) is 5.41 Å². The predicted octanol–water partition coefficient (Wildman–Crippen LogP) is 5.49. The number of halogens is 6. The molecule has 4 aromatic rings. The lowest BCUT2D eigenvalue weighted by molar-refractivity contribution is -0.198. The zero-order valence-electron chi connectivity index (χ0n) is 26.6. The summed E-state index contributed by atoms with van der Waals surface area (Å²) in [6.45, 7) is 5.32. The Balaban J connectivity index is 1.34. The van der Waals surface area contributed by atoms with Crippen LogP contribution in [0.3, 0.4) is 0 Å². The molecular weight excluding hydrogens is 656 g/mol. The summed E-state index contributed by atoms with van der Waals surface area (Å²) < 4.78 is 91.4. The lowest BCUT2D eigenvalue weighted by Gasteiger charge is -2.39. The summed E-state index contributed by atoms with van der Waals surface area (Å²) in [6, 6.07) is 10.9. The van der Waals surface area contributed by atoms with Crippen LogP contribution < -0.4 is 20.7 Å². The maximum Gasteiger partial charge on any atom is 0.435 e. The van der Waals surface area contributed by atoms with Crippen molar-refractivity contribution >= 4 is 11.8 Å². The number of aromatic nitrogens is 4. The molecule has 2 aromatic carbocycles. The van der Waals surface area contributed by atoms with Gasteiger partial charge in [-0.1, -0.05) is 30.3 Å². The van der Waals surface area contributed by atoms with Crippen molar-refractivity contribution in [1.29, 1.82) is 0 Å². The van der Waals surface area contributed by atoms with Crippen LogP contribution in [0.1, 0.15) is 47.8 Å². The zero-order chi connectivity index (χ0) is 35.3. The molecule has 262 valence electrons. The Morgan fingerprint density at radius 3 is 2.24 bits per heavy atom. The van der Waals surface area contributed by atoms with Crippen LogP contribution in [0.4, 0.5) is 38.1 Å². The monoisotopic (exact) mass is 691 g/mol. The Kier molecular flexibility index (Phi) is 9.00. The van der Waals surface area contributed by atoms with Crippen LogP contribution in [-0.4, -0.2) is 68.1 Å². The molecule has 16 heteroatoms. The molecule has 10 nitrogen and oxygen atoms in total. The Hall–Kier alpha value is -4.41. The second-order valence-corrected chi connectivity index (χ2v) is 12.8. The number of nitrogen functional groups attached to an aromatic ring is 1. The first-order chi connectivity index (χ1) is 23.0. The lowest BCUT2D eigenvalue weighted by atomic mass is 9.76. The number of aliphatic hydroxyl groups excluding tert-OH is 1. The summed E-state index contributed by atoms with van der Waals surface area (Å²) in [7, 11) is 0. The molecule has 2 atom stereocenters. The number of alkyl halides is 6. The molecule has 2 saturated heterocycles. The molecule has 0 aliphatic carbocycles. The third-order valence-corrected chi connectivity index (χ3v) is 9.42. The van der Waals surface area contributed by atoms with E-state index in [2.05, 4.69) is 20.4 Å². The molecule has 2 aliphatic heterocycles. The third-order valence-electron chi connectivity index (χ3n) is 9.42. The SMILES string of the molecule is Cc1ccc(-c2ccc([C@@H](Oc3cc(N4CCC5(CC4)CN[C@H](C(O)O)C5)nc(N)n3)C(F)(F)F)c(-n3ccc(C(F)(F)F)n3)c2)cc1C. The van der Waals surface area contributed by atoms with Gasteiger partial charge in [-0.2, -0.15) is 41.4 Å². The molecule has 0 radical (unpaired) electrons. The van der Waals surface area contributed by atoms with Gasteiger partial charge in [0, 0.05) is 37.5 Å². The fraction of sp³-hybridized carbons (Fsp3) is 0.424. The molecule has 2 aliphatic rings. The van der Waals surface area contributed by atoms with E-state index in [9.17, 15) is 36.6 Å². The summed E-state index contributed by atoms with van der Waals surface area (Å²) in [6.07, 6.45) is -11.2. The standard InChI is InChI=1S/C33H35F6N7O3/c1-18-3-4-20(13-19(18)2)21-5-6-22(24(14-21)46-10-7-25(44-46)32(34,35)36)28(33(37,38)39)49-27-15-26(42-30(40)43-27)45-11-8-31(9-12-45)16-23(29(47)48)41-17-31/h3-7,10,13-15,23,28-29,41,47-48H,8-9,11-12,16-17H2,1-2H3,(H2,40,42,43)/t23-,28+/m0/s1. The highest BCUT2D eigenvalue weighted by atomic mass is 19.4. The number of anilines is 2. The Bertz CT molecular complexity index is 1820. The first-order valence-electron chi connectivity index (χ1n) is 15.6. The minimum absolute atomic E-state index is 0.164. The zero-order valence-corrected chi connectivity index (χ0v) is 26.6. The number of aryl methyl sites for hydroxylation is 2. The van der Waals surface area contributed by atoms with Gasteiger partial charge in [-0.05, 0) is 72.9 Å². The molecule has 6 rings (SSSR count). The predicted molar refractivity (Wildman–Crippen MR) is 168 cm³/mol. The molecule has 4 heterocycles. The highest BCUT2D eigenvalue weighted by molar-refractivity contribution is 5.69. The van der Waals surface area contributed by atoms with Crippen molar-refractivity contribution in [3.8, 4) is 22.7 Å². The van der Waals surface area contributed by atoms with Crippen molar-refractivity contribution in [2.45, 2.75) is 63.9 Å². The average Bonchev–Trinajstić information content (AvgIpc) is 3.69. The smallest absolute Gasteiger partial charge is 0.435 e. The van der Waals surface area contributed by atoms with E-state index in [1.54, 1.807) is 6.07 Å². The van der Waals surface area contributed by atoms with E-state index in [0.717, 1.165) is 28.1 Å². The first kappa shape index (κ1) is 34.5. The number of aliphatic hydroxyl groups is 2. The normalized spacial score (nSPS) is 18.8. The van der Waals surface area contributed by atoms with E-state index < -0.39 is 47.9 Å². The molecule has 0 bridgehead atoms. The molecule has 2 aromatic heterocycles. The maximum absolute atomic E-state index is 14.9. The summed E-state index contributed by atoms with van der Waals surface area (Å²) in [5.74, 6) is -0.557. The average molecular weight is 692 g/mol.